The van der Waals surface area contributed by atoms with Crippen LogP contribution in [0.25, 0.3) is 0 Å². The van der Waals surface area contributed by atoms with Gasteiger partial charge in [0.15, 0.2) is 12.4 Å². The number of ether oxygens (including phenoxy) is 1. The van der Waals surface area contributed by atoms with E-state index in [2.05, 4.69) is 5.32 Å². The summed E-state index contributed by atoms with van der Waals surface area (Å²) in [5, 5.41) is 13.8. The van der Waals surface area contributed by atoms with Crippen molar-refractivity contribution in [2.24, 2.45) is 0 Å². The summed E-state index contributed by atoms with van der Waals surface area (Å²) in [6.45, 7) is 1.02. The van der Waals surface area contributed by atoms with E-state index in [0.717, 1.165) is 0 Å². The van der Waals surface area contributed by atoms with E-state index < -0.39 is 23.4 Å². The van der Waals surface area contributed by atoms with Crippen molar-refractivity contribution in [3.8, 4) is 0 Å². The smallest absolute Gasteiger partial charge is 0.306 e. The molecule has 0 aromatic heterocycles. The second-order valence-corrected chi connectivity index (χ2v) is 6.33. The van der Waals surface area contributed by atoms with E-state index in [-0.39, 0.29) is 30.0 Å². The van der Waals surface area contributed by atoms with Gasteiger partial charge in [-0.05, 0) is 37.3 Å². The van der Waals surface area contributed by atoms with Crippen molar-refractivity contribution in [2.75, 3.05) is 11.9 Å². The Balaban J connectivity index is 1.78. The van der Waals surface area contributed by atoms with E-state index in [4.69, 9.17) is 16.3 Å². The molecule has 0 radical (unpaired) electrons. The molecule has 0 saturated carbocycles. The molecule has 2 aromatic rings. The Hall–Kier alpha value is -3.26. The number of anilines is 1. The number of Topliss-reactive ketones (excluding diaryl/α,β-unsaturated/α-hetero) is 1. The summed E-state index contributed by atoms with van der Waals surface area (Å²) in [6.07, 6.45) is -0.239. The number of esters is 1. The number of nitrogens with zero attached hydrogens (tertiary/aromatic N) is 1. The summed E-state index contributed by atoms with van der Waals surface area (Å²) < 4.78 is 4.82. The largest absolute Gasteiger partial charge is 0.456 e. The lowest BCUT2D eigenvalue weighted by Crippen LogP contribution is -2.21. The van der Waals surface area contributed by atoms with E-state index in [0.29, 0.717) is 16.1 Å². The van der Waals surface area contributed by atoms with Gasteiger partial charge in [0.05, 0.1) is 11.3 Å². The molecule has 1 N–H and O–H groups in total. The zero-order chi connectivity index (χ0) is 20.7. The first-order valence-electron chi connectivity index (χ1n) is 8.25. The minimum atomic E-state index is -0.702. The number of nitrogens with one attached hydrogen (secondary N) is 1. The number of hydrogen-bond donors (Lipinski definition) is 1. The molecule has 0 heterocycles. The van der Waals surface area contributed by atoms with Crippen molar-refractivity contribution in [2.45, 2.75) is 19.8 Å². The quantitative estimate of drug-likeness (QED) is 0.310. The molecular formula is C19H17ClN2O6. The molecule has 0 aliphatic heterocycles. The Kier molecular flexibility index (Phi) is 7.22. The third-order valence-corrected chi connectivity index (χ3v) is 4.03. The molecule has 146 valence electrons. The van der Waals surface area contributed by atoms with Crippen molar-refractivity contribution in [1.82, 2.24) is 0 Å². The number of carbonyl (C=O) groups excluding carboxylic acids is 3. The lowest BCUT2D eigenvalue weighted by molar-refractivity contribution is -0.385. The second-order valence-electron chi connectivity index (χ2n) is 5.90. The second kappa shape index (κ2) is 9.61. The zero-order valence-electron chi connectivity index (χ0n) is 14.9. The van der Waals surface area contributed by atoms with Crippen molar-refractivity contribution in [3.63, 3.8) is 0 Å². The highest BCUT2D eigenvalue weighted by molar-refractivity contribution is 6.30. The number of halogens is 1. The van der Waals surface area contributed by atoms with E-state index in [1.165, 1.54) is 18.2 Å². The molecule has 0 fully saturated rings. The van der Waals surface area contributed by atoms with Gasteiger partial charge in [-0.25, -0.2) is 0 Å². The van der Waals surface area contributed by atoms with Gasteiger partial charge in [-0.1, -0.05) is 17.7 Å². The van der Waals surface area contributed by atoms with Crippen molar-refractivity contribution in [3.05, 3.63) is 68.7 Å². The maximum atomic E-state index is 12.0. The van der Waals surface area contributed by atoms with E-state index in [1.54, 1.807) is 31.2 Å². The normalized spacial score (nSPS) is 10.2. The Labute approximate surface area is 165 Å². The van der Waals surface area contributed by atoms with Crippen molar-refractivity contribution < 1.29 is 24.0 Å². The molecule has 0 atom stereocenters. The predicted molar refractivity (Wildman–Crippen MR) is 102 cm³/mol. The fourth-order valence-electron chi connectivity index (χ4n) is 2.29. The SMILES string of the molecule is Cc1ccc(NC(=O)COC(=O)CCC(=O)c2ccc(Cl)cc2)cc1[N+](=O)[O-]. The van der Waals surface area contributed by atoms with Crippen LogP contribution in [-0.2, 0) is 14.3 Å². The van der Waals surface area contributed by atoms with Gasteiger partial charge in [-0.2, -0.15) is 0 Å². The van der Waals surface area contributed by atoms with Crippen LogP contribution in [0.4, 0.5) is 11.4 Å². The molecule has 0 spiro atoms. The van der Waals surface area contributed by atoms with Gasteiger partial charge in [0.25, 0.3) is 11.6 Å². The van der Waals surface area contributed by atoms with Gasteiger partial charge in [0.1, 0.15) is 0 Å². The molecule has 28 heavy (non-hydrogen) atoms. The van der Waals surface area contributed by atoms with Crippen LogP contribution in [0, 0.1) is 17.0 Å². The van der Waals surface area contributed by atoms with Gasteiger partial charge >= 0.3 is 5.97 Å². The number of nitro benzene ring substituents is 1. The molecule has 0 saturated heterocycles. The number of aryl methyl sites for hydroxylation is 1. The molecule has 0 bridgehead atoms. The van der Waals surface area contributed by atoms with Crippen LogP contribution >= 0.6 is 11.6 Å². The van der Waals surface area contributed by atoms with E-state index >= 15 is 0 Å². The Morgan fingerprint density at radius 1 is 1.11 bits per heavy atom. The molecular weight excluding hydrogens is 388 g/mol. The van der Waals surface area contributed by atoms with Crippen LogP contribution in [0.2, 0.25) is 5.02 Å². The summed E-state index contributed by atoms with van der Waals surface area (Å²) in [7, 11) is 0. The van der Waals surface area contributed by atoms with Gasteiger partial charge in [0, 0.05) is 34.3 Å². The van der Waals surface area contributed by atoms with Crippen LogP contribution in [0.3, 0.4) is 0 Å². The minimum absolute atomic E-state index is 0.0633. The minimum Gasteiger partial charge on any atom is -0.456 e. The summed E-state index contributed by atoms with van der Waals surface area (Å²) in [4.78, 5) is 45.9. The number of ketones is 1. The van der Waals surface area contributed by atoms with E-state index in [9.17, 15) is 24.5 Å². The standard InChI is InChI=1S/C19H17ClN2O6/c1-12-2-7-15(10-16(12)22(26)27)21-18(24)11-28-19(25)9-8-17(23)13-3-5-14(20)6-4-13/h2-7,10H,8-9,11H2,1H3,(H,21,24). The molecule has 8 nitrogen and oxygen atoms in total. The third-order valence-electron chi connectivity index (χ3n) is 3.78. The zero-order valence-corrected chi connectivity index (χ0v) is 15.7. The number of amides is 1. The predicted octanol–water partition coefficient (Wildman–Crippen LogP) is 3.70. The molecule has 1 amide bonds. The molecule has 2 rings (SSSR count). The molecule has 0 aliphatic rings. The molecule has 0 unspecified atom stereocenters. The topological polar surface area (TPSA) is 116 Å². The van der Waals surface area contributed by atoms with Gasteiger partial charge in [-0.15, -0.1) is 0 Å². The highest BCUT2D eigenvalue weighted by Crippen LogP contribution is 2.22. The number of carbonyl (C=O) groups is 3. The average Bonchev–Trinajstić information content (AvgIpc) is 2.66. The fraction of sp³-hybridized carbons (Fsp3) is 0.211. The highest BCUT2D eigenvalue weighted by Gasteiger charge is 2.14. The van der Waals surface area contributed by atoms with Crippen LogP contribution < -0.4 is 5.32 Å². The highest BCUT2D eigenvalue weighted by atomic mass is 35.5. The first kappa shape index (κ1) is 21.0. The summed E-state index contributed by atoms with van der Waals surface area (Å²) in [5.41, 5.74) is 0.975. The molecule has 2 aromatic carbocycles. The lowest BCUT2D eigenvalue weighted by Gasteiger charge is -2.07. The molecule has 9 heteroatoms. The first-order valence-corrected chi connectivity index (χ1v) is 8.63. The van der Waals surface area contributed by atoms with Crippen LogP contribution in [0.15, 0.2) is 42.5 Å². The first-order chi connectivity index (χ1) is 13.3. The number of rotatable bonds is 8. The van der Waals surface area contributed by atoms with Gasteiger partial charge < -0.3 is 10.1 Å². The summed E-state index contributed by atoms with van der Waals surface area (Å²) in [6, 6.07) is 10.5. The van der Waals surface area contributed by atoms with Gasteiger partial charge in [-0.3, -0.25) is 24.5 Å². The van der Waals surface area contributed by atoms with Crippen molar-refractivity contribution >= 4 is 40.6 Å². The Morgan fingerprint density at radius 3 is 2.43 bits per heavy atom. The summed E-state index contributed by atoms with van der Waals surface area (Å²) >= 11 is 5.75. The van der Waals surface area contributed by atoms with Crippen LogP contribution in [-0.4, -0.2) is 29.2 Å². The van der Waals surface area contributed by atoms with Gasteiger partial charge in [0.2, 0.25) is 0 Å². The Bertz CT molecular complexity index is 911. The maximum Gasteiger partial charge on any atom is 0.306 e. The van der Waals surface area contributed by atoms with E-state index in [1.807, 2.05) is 0 Å². The monoisotopic (exact) mass is 404 g/mol. The number of benzene rings is 2. The Morgan fingerprint density at radius 2 is 1.79 bits per heavy atom. The van der Waals surface area contributed by atoms with Crippen LogP contribution in [0.5, 0.6) is 0 Å². The van der Waals surface area contributed by atoms with Crippen LogP contribution in [0.1, 0.15) is 28.8 Å². The number of hydrogen-bond acceptors (Lipinski definition) is 6. The third kappa shape index (κ3) is 6.17. The summed E-state index contributed by atoms with van der Waals surface area (Å²) in [5.74, 6) is -1.59. The number of nitro groups is 1. The fourth-order valence-corrected chi connectivity index (χ4v) is 2.42. The average molecular weight is 405 g/mol. The van der Waals surface area contributed by atoms with Crippen molar-refractivity contribution in [1.29, 1.82) is 0 Å². The maximum absolute atomic E-state index is 12.0. The lowest BCUT2D eigenvalue weighted by atomic mass is 10.1. The molecule has 0 aliphatic carbocycles.